The van der Waals surface area contributed by atoms with Crippen molar-refractivity contribution in [2.24, 2.45) is 0 Å². The number of anilines is 2. The van der Waals surface area contributed by atoms with E-state index < -0.39 is 17.1 Å². The number of rotatable bonds is 9. The highest BCUT2D eigenvalue weighted by Crippen LogP contribution is 2.38. The van der Waals surface area contributed by atoms with Crippen LogP contribution in [0, 0.1) is 0 Å². The first kappa shape index (κ1) is 26.8. The van der Waals surface area contributed by atoms with E-state index in [0.29, 0.717) is 22.1 Å². The fourth-order valence-corrected chi connectivity index (χ4v) is 4.89. The van der Waals surface area contributed by atoms with Crippen LogP contribution in [0.2, 0.25) is 5.02 Å². The lowest BCUT2D eigenvalue weighted by molar-refractivity contribution is -0.115. The van der Waals surface area contributed by atoms with Gasteiger partial charge < -0.3 is 20.5 Å². The zero-order valence-corrected chi connectivity index (χ0v) is 21.8. The van der Waals surface area contributed by atoms with Crippen molar-refractivity contribution in [1.29, 1.82) is 0 Å². The van der Waals surface area contributed by atoms with Gasteiger partial charge in [0.15, 0.2) is 0 Å². The van der Waals surface area contributed by atoms with E-state index in [1.165, 1.54) is 31.0 Å². The van der Waals surface area contributed by atoms with Gasteiger partial charge in [0.25, 0.3) is 5.91 Å². The molecular formula is C29H23ClN2O5S. The van der Waals surface area contributed by atoms with Crippen LogP contribution in [0.15, 0.2) is 102 Å². The van der Waals surface area contributed by atoms with Gasteiger partial charge in [-0.15, -0.1) is 11.8 Å². The largest absolute Gasteiger partial charge is 0.495 e. The fourth-order valence-electron chi connectivity index (χ4n) is 3.70. The number of aromatic carboxylic acids is 1. The first-order valence-electron chi connectivity index (χ1n) is 11.5. The molecule has 38 heavy (non-hydrogen) atoms. The lowest BCUT2D eigenvalue weighted by Gasteiger charge is -2.18. The molecule has 0 aromatic heterocycles. The number of ether oxygens (including phenoxy) is 1. The molecular weight excluding hydrogens is 524 g/mol. The van der Waals surface area contributed by atoms with Gasteiger partial charge in [0, 0.05) is 15.6 Å². The van der Waals surface area contributed by atoms with Crippen molar-refractivity contribution in [3.05, 3.63) is 119 Å². The second-order valence-corrected chi connectivity index (χ2v) is 9.69. The van der Waals surface area contributed by atoms with Crippen LogP contribution in [0.4, 0.5) is 11.4 Å². The third-order valence-electron chi connectivity index (χ3n) is 5.53. The summed E-state index contributed by atoms with van der Waals surface area (Å²) >= 11 is 7.47. The summed E-state index contributed by atoms with van der Waals surface area (Å²) in [7, 11) is 1.52. The van der Waals surface area contributed by atoms with Crippen LogP contribution in [0.5, 0.6) is 5.75 Å². The summed E-state index contributed by atoms with van der Waals surface area (Å²) in [5.74, 6) is -1.47. The Morgan fingerprint density at radius 1 is 0.842 bits per heavy atom. The molecule has 0 saturated heterocycles. The number of nitrogens with one attached hydrogen (secondary N) is 2. The van der Waals surface area contributed by atoms with Crippen LogP contribution in [-0.2, 0) is 4.79 Å². The first-order valence-corrected chi connectivity index (χ1v) is 12.7. The van der Waals surface area contributed by atoms with Gasteiger partial charge in [-0.3, -0.25) is 9.59 Å². The second-order valence-electron chi connectivity index (χ2n) is 8.07. The van der Waals surface area contributed by atoms with E-state index in [-0.39, 0.29) is 17.0 Å². The van der Waals surface area contributed by atoms with E-state index in [4.69, 9.17) is 16.3 Å². The molecule has 4 rings (SSSR count). The number of carboxylic acid groups (broad SMARTS) is 1. The SMILES string of the molecule is COc1ccc(Cl)cc1NC(=O)C(Sc1ccc(NC(=O)c2ccccc2C(=O)O)cc1)c1ccccc1. The third kappa shape index (κ3) is 6.53. The molecule has 0 aliphatic carbocycles. The van der Waals surface area contributed by atoms with Crippen molar-refractivity contribution >= 4 is 52.5 Å². The highest BCUT2D eigenvalue weighted by atomic mass is 35.5. The topological polar surface area (TPSA) is 105 Å². The van der Waals surface area contributed by atoms with Crippen molar-refractivity contribution in [2.75, 3.05) is 17.7 Å². The zero-order valence-electron chi connectivity index (χ0n) is 20.2. The van der Waals surface area contributed by atoms with E-state index in [9.17, 15) is 19.5 Å². The molecule has 0 fully saturated rings. The maximum absolute atomic E-state index is 13.4. The lowest BCUT2D eigenvalue weighted by atomic mass is 10.1. The van der Waals surface area contributed by atoms with E-state index >= 15 is 0 Å². The van der Waals surface area contributed by atoms with Gasteiger partial charge in [-0.1, -0.05) is 54.1 Å². The standard InChI is InChI=1S/C29H23ClN2O5S/c1-37-25-16-11-19(30)17-24(25)32-28(34)26(18-7-3-2-4-8-18)38-21-14-12-20(13-15-21)31-27(33)22-9-5-6-10-23(22)29(35)36/h2-17,26H,1H3,(H,31,33)(H,32,34)(H,35,36). The maximum atomic E-state index is 13.4. The lowest BCUT2D eigenvalue weighted by Crippen LogP contribution is -2.19. The molecule has 4 aromatic rings. The number of benzene rings is 4. The smallest absolute Gasteiger partial charge is 0.336 e. The number of hydrogen-bond acceptors (Lipinski definition) is 5. The summed E-state index contributed by atoms with van der Waals surface area (Å²) in [5, 5.41) is 14.9. The molecule has 0 heterocycles. The molecule has 9 heteroatoms. The number of methoxy groups -OCH3 is 1. The molecule has 192 valence electrons. The van der Waals surface area contributed by atoms with Gasteiger partial charge >= 0.3 is 5.97 Å². The Balaban J connectivity index is 1.52. The quantitative estimate of drug-likeness (QED) is 0.200. The monoisotopic (exact) mass is 546 g/mol. The Morgan fingerprint density at radius 3 is 2.16 bits per heavy atom. The number of halogens is 1. The van der Waals surface area contributed by atoms with Crippen LogP contribution in [0.25, 0.3) is 0 Å². The number of carbonyl (C=O) groups excluding carboxylic acids is 2. The normalized spacial score (nSPS) is 11.3. The highest BCUT2D eigenvalue weighted by Gasteiger charge is 2.23. The van der Waals surface area contributed by atoms with Gasteiger partial charge in [0.1, 0.15) is 11.0 Å². The van der Waals surface area contributed by atoms with Crippen molar-refractivity contribution in [1.82, 2.24) is 0 Å². The molecule has 0 saturated carbocycles. The molecule has 1 atom stereocenters. The van der Waals surface area contributed by atoms with Crippen molar-refractivity contribution in [3.8, 4) is 5.75 Å². The Kier molecular flexibility index (Phi) is 8.68. The summed E-state index contributed by atoms with van der Waals surface area (Å²) < 4.78 is 5.35. The Labute approximate surface area is 228 Å². The minimum atomic E-state index is -1.18. The second kappa shape index (κ2) is 12.3. The van der Waals surface area contributed by atoms with Crippen LogP contribution in [-0.4, -0.2) is 30.0 Å². The average Bonchev–Trinajstić information content (AvgIpc) is 2.93. The summed E-state index contributed by atoms with van der Waals surface area (Å²) in [5.41, 5.74) is 1.75. The summed E-state index contributed by atoms with van der Waals surface area (Å²) in [6.45, 7) is 0. The zero-order chi connectivity index (χ0) is 27.1. The van der Waals surface area contributed by atoms with Crippen LogP contribution >= 0.6 is 23.4 Å². The minimum Gasteiger partial charge on any atom is -0.495 e. The molecule has 0 aliphatic heterocycles. The van der Waals surface area contributed by atoms with Gasteiger partial charge in [0.05, 0.1) is 23.9 Å². The Morgan fingerprint density at radius 2 is 1.50 bits per heavy atom. The van der Waals surface area contributed by atoms with Crippen molar-refractivity contribution < 1.29 is 24.2 Å². The highest BCUT2D eigenvalue weighted by molar-refractivity contribution is 8.00. The van der Waals surface area contributed by atoms with E-state index in [1.54, 1.807) is 54.6 Å². The summed E-state index contributed by atoms with van der Waals surface area (Å²) in [4.78, 5) is 38.3. The van der Waals surface area contributed by atoms with E-state index in [2.05, 4.69) is 10.6 Å². The van der Waals surface area contributed by atoms with E-state index in [0.717, 1.165) is 10.5 Å². The Bertz CT molecular complexity index is 1460. The first-order chi connectivity index (χ1) is 18.4. The molecule has 1 unspecified atom stereocenters. The minimum absolute atomic E-state index is 0.0655. The molecule has 4 aromatic carbocycles. The van der Waals surface area contributed by atoms with Gasteiger partial charge in [-0.25, -0.2) is 4.79 Å². The molecule has 0 radical (unpaired) electrons. The molecule has 0 spiro atoms. The number of carboxylic acids is 1. The predicted octanol–water partition coefficient (Wildman–Crippen LogP) is 6.77. The number of thioether (sulfide) groups is 1. The number of hydrogen-bond donors (Lipinski definition) is 3. The number of amides is 2. The van der Waals surface area contributed by atoms with Crippen molar-refractivity contribution in [2.45, 2.75) is 10.1 Å². The van der Waals surface area contributed by atoms with Gasteiger partial charge in [0.2, 0.25) is 5.91 Å². The molecule has 3 N–H and O–H groups in total. The van der Waals surface area contributed by atoms with Crippen LogP contribution < -0.4 is 15.4 Å². The predicted molar refractivity (Wildman–Crippen MR) is 149 cm³/mol. The van der Waals surface area contributed by atoms with Gasteiger partial charge in [-0.05, 0) is 60.2 Å². The molecule has 2 amide bonds. The third-order valence-corrected chi connectivity index (χ3v) is 7.03. The molecule has 0 bridgehead atoms. The van der Waals surface area contributed by atoms with Crippen LogP contribution in [0.3, 0.4) is 0 Å². The maximum Gasteiger partial charge on any atom is 0.336 e. The fraction of sp³-hybridized carbons (Fsp3) is 0.0690. The molecule has 7 nitrogen and oxygen atoms in total. The summed E-state index contributed by atoms with van der Waals surface area (Å²) in [6, 6.07) is 27.3. The van der Waals surface area contributed by atoms with E-state index in [1.807, 2.05) is 30.3 Å². The molecule has 0 aliphatic rings. The van der Waals surface area contributed by atoms with Gasteiger partial charge in [-0.2, -0.15) is 0 Å². The van der Waals surface area contributed by atoms with Crippen LogP contribution in [0.1, 0.15) is 31.5 Å². The average molecular weight is 547 g/mol. The Hall–Kier alpha value is -4.27. The number of carbonyl (C=O) groups is 3. The summed E-state index contributed by atoms with van der Waals surface area (Å²) in [6.07, 6.45) is 0. The van der Waals surface area contributed by atoms with Crippen molar-refractivity contribution in [3.63, 3.8) is 0 Å².